The lowest BCUT2D eigenvalue weighted by Gasteiger charge is -2.20. The van der Waals surface area contributed by atoms with E-state index in [4.69, 9.17) is 14.6 Å². The van der Waals surface area contributed by atoms with Crippen LogP contribution in [0.2, 0.25) is 0 Å². The predicted octanol–water partition coefficient (Wildman–Crippen LogP) is 3.52. The van der Waals surface area contributed by atoms with E-state index in [-0.39, 0.29) is 23.6 Å². The number of carbonyl (C=O) groups is 1. The van der Waals surface area contributed by atoms with E-state index >= 15 is 0 Å². The van der Waals surface area contributed by atoms with E-state index in [0.29, 0.717) is 29.9 Å². The first-order chi connectivity index (χ1) is 18.2. The van der Waals surface area contributed by atoms with Gasteiger partial charge in [0, 0.05) is 37.5 Å². The Kier molecular flexibility index (Phi) is 6.60. The van der Waals surface area contributed by atoms with Gasteiger partial charge in [0.25, 0.3) is 11.8 Å². The van der Waals surface area contributed by atoms with Crippen molar-refractivity contribution in [2.24, 2.45) is 12.8 Å². The highest BCUT2D eigenvalue weighted by Gasteiger charge is 2.29. The normalized spacial score (nSPS) is 12.9. The molecule has 0 saturated carbocycles. The van der Waals surface area contributed by atoms with Gasteiger partial charge in [-0.15, -0.1) is 10.2 Å². The summed E-state index contributed by atoms with van der Waals surface area (Å²) in [6.07, 6.45) is 5.21. The summed E-state index contributed by atoms with van der Waals surface area (Å²) in [5, 5.41) is 12.7. The Bertz CT molecular complexity index is 1550. The second-order valence-electron chi connectivity index (χ2n) is 9.50. The molecule has 1 atom stereocenters. The molecule has 1 aromatic carbocycles. The summed E-state index contributed by atoms with van der Waals surface area (Å²) >= 11 is 0. The molecule has 5 aromatic rings. The van der Waals surface area contributed by atoms with Gasteiger partial charge in [-0.1, -0.05) is 30.3 Å². The van der Waals surface area contributed by atoms with Crippen molar-refractivity contribution in [2.45, 2.75) is 32.4 Å². The van der Waals surface area contributed by atoms with Crippen molar-refractivity contribution in [3.05, 3.63) is 89.4 Å². The Balaban J connectivity index is 1.47. The number of pyridine rings is 1. The zero-order chi connectivity index (χ0) is 26.9. The zero-order valence-corrected chi connectivity index (χ0v) is 21.6. The first kappa shape index (κ1) is 25.0. The summed E-state index contributed by atoms with van der Waals surface area (Å²) in [5.74, 6) is 0.436. The summed E-state index contributed by atoms with van der Waals surface area (Å²) in [7, 11) is 3.59. The van der Waals surface area contributed by atoms with Gasteiger partial charge in [-0.3, -0.25) is 9.48 Å². The Morgan fingerprint density at radius 3 is 2.53 bits per heavy atom. The molecular weight excluding hydrogens is 484 g/mol. The molecular formula is C27H28N8O3. The minimum Gasteiger partial charge on any atom is -0.443 e. The van der Waals surface area contributed by atoms with E-state index in [2.05, 4.69) is 25.3 Å². The number of carbonyl (C=O) groups excluding carboxylic acids is 1. The standard InChI is InChI=1S/C27H28N8O3/c1-17-20(15-30-35(17)4)16-34(3)25(36)19-12-21(23-29-10-11-37-23)31-22(13-19)24-32-33-26(38-24)27(2,28)14-18-8-6-5-7-9-18/h5-13,15H,14,16,28H2,1-4H3. The highest BCUT2D eigenvalue weighted by atomic mass is 16.4. The fraction of sp³-hybridized carbons (Fsp3) is 0.259. The molecule has 1 amide bonds. The van der Waals surface area contributed by atoms with Crippen molar-refractivity contribution in [3.8, 4) is 23.2 Å². The molecule has 0 fully saturated rings. The number of rotatable bonds is 8. The van der Waals surface area contributed by atoms with Crippen LogP contribution in [-0.4, -0.2) is 47.8 Å². The van der Waals surface area contributed by atoms with Crippen LogP contribution in [0.5, 0.6) is 0 Å². The number of nitrogens with two attached hydrogens (primary N) is 1. The number of amides is 1. The highest BCUT2D eigenvalue weighted by Crippen LogP contribution is 2.28. The minimum absolute atomic E-state index is 0.137. The largest absolute Gasteiger partial charge is 0.443 e. The molecule has 2 N–H and O–H groups in total. The number of oxazole rings is 1. The van der Waals surface area contributed by atoms with Crippen LogP contribution in [0.25, 0.3) is 23.2 Å². The van der Waals surface area contributed by atoms with Crippen LogP contribution in [0.15, 0.2) is 70.0 Å². The van der Waals surface area contributed by atoms with E-state index < -0.39 is 5.54 Å². The number of hydrogen-bond donors (Lipinski definition) is 1. The van der Waals surface area contributed by atoms with E-state index in [1.807, 2.05) is 51.2 Å². The van der Waals surface area contributed by atoms with Crippen LogP contribution in [0, 0.1) is 6.92 Å². The lowest BCUT2D eigenvalue weighted by Crippen LogP contribution is -2.35. The molecule has 0 aliphatic carbocycles. The van der Waals surface area contributed by atoms with E-state index in [9.17, 15) is 4.79 Å². The molecule has 4 heterocycles. The quantitative estimate of drug-likeness (QED) is 0.330. The van der Waals surface area contributed by atoms with Crippen LogP contribution in [-0.2, 0) is 25.6 Å². The lowest BCUT2D eigenvalue weighted by atomic mass is 9.94. The smallest absolute Gasteiger partial charge is 0.266 e. The average molecular weight is 513 g/mol. The van der Waals surface area contributed by atoms with Crippen LogP contribution < -0.4 is 5.73 Å². The summed E-state index contributed by atoms with van der Waals surface area (Å²) in [6, 6.07) is 13.1. The molecule has 0 bridgehead atoms. The Labute approximate surface area is 219 Å². The Hall–Kier alpha value is -4.64. The molecule has 1 unspecified atom stereocenters. The second kappa shape index (κ2) is 10.0. The van der Waals surface area contributed by atoms with Gasteiger partial charge < -0.3 is 19.5 Å². The Morgan fingerprint density at radius 1 is 1.13 bits per heavy atom. The number of aryl methyl sites for hydroxylation is 1. The average Bonchev–Trinajstić information content (AvgIpc) is 3.68. The molecule has 194 valence electrons. The van der Waals surface area contributed by atoms with Crippen LogP contribution in [0.4, 0.5) is 0 Å². The summed E-state index contributed by atoms with van der Waals surface area (Å²) in [6.45, 7) is 4.18. The molecule has 0 saturated heterocycles. The molecule has 11 heteroatoms. The predicted molar refractivity (Wildman–Crippen MR) is 138 cm³/mol. The van der Waals surface area contributed by atoms with Crippen LogP contribution >= 0.6 is 0 Å². The topological polar surface area (TPSA) is 142 Å². The van der Waals surface area contributed by atoms with Gasteiger partial charge in [-0.2, -0.15) is 5.10 Å². The van der Waals surface area contributed by atoms with Crippen LogP contribution in [0.3, 0.4) is 0 Å². The zero-order valence-electron chi connectivity index (χ0n) is 21.6. The van der Waals surface area contributed by atoms with Gasteiger partial charge in [-0.25, -0.2) is 9.97 Å². The maximum Gasteiger partial charge on any atom is 0.266 e. The highest BCUT2D eigenvalue weighted by molar-refractivity contribution is 5.95. The number of nitrogens with zero attached hydrogens (tertiary/aromatic N) is 7. The maximum atomic E-state index is 13.5. The fourth-order valence-corrected chi connectivity index (χ4v) is 4.12. The lowest BCUT2D eigenvalue weighted by molar-refractivity contribution is 0.0785. The van der Waals surface area contributed by atoms with Crippen molar-refractivity contribution in [2.75, 3.05) is 7.05 Å². The van der Waals surface area contributed by atoms with Crippen molar-refractivity contribution in [3.63, 3.8) is 0 Å². The van der Waals surface area contributed by atoms with Gasteiger partial charge in [0.15, 0.2) is 0 Å². The van der Waals surface area contributed by atoms with E-state index in [0.717, 1.165) is 16.8 Å². The first-order valence-electron chi connectivity index (χ1n) is 12.0. The van der Waals surface area contributed by atoms with Gasteiger partial charge in [-0.05, 0) is 38.0 Å². The third-order valence-corrected chi connectivity index (χ3v) is 6.36. The van der Waals surface area contributed by atoms with E-state index in [1.54, 1.807) is 35.0 Å². The van der Waals surface area contributed by atoms with Crippen molar-refractivity contribution < 1.29 is 13.6 Å². The van der Waals surface area contributed by atoms with Gasteiger partial charge in [0.05, 0.1) is 17.9 Å². The molecule has 5 rings (SSSR count). The number of aromatic nitrogens is 6. The van der Waals surface area contributed by atoms with Gasteiger partial charge in [0.1, 0.15) is 17.7 Å². The minimum atomic E-state index is -0.909. The van der Waals surface area contributed by atoms with Crippen molar-refractivity contribution in [1.29, 1.82) is 0 Å². The molecule has 0 radical (unpaired) electrons. The summed E-state index contributed by atoms with van der Waals surface area (Å²) < 4.78 is 13.2. The third-order valence-electron chi connectivity index (χ3n) is 6.36. The summed E-state index contributed by atoms with van der Waals surface area (Å²) in [4.78, 5) is 23.9. The third kappa shape index (κ3) is 5.09. The fourth-order valence-electron chi connectivity index (χ4n) is 4.12. The van der Waals surface area contributed by atoms with Gasteiger partial charge in [0.2, 0.25) is 11.8 Å². The number of hydrogen-bond acceptors (Lipinski definition) is 9. The molecule has 4 aromatic heterocycles. The second-order valence-corrected chi connectivity index (χ2v) is 9.50. The first-order valence-corrected chi connectivity index (χ1v) is 12.0. The molecule has 0 spiro atoms. The van der Waals surface area contributed by atoms with Crippen molar-refractivity contribution >= 4 is 5.91 Å². The SMILES string of the molecule is Cc1c(CN(C)C(=O)c2cc(-c3ncco3)nc(-c3nnc(C(C)(N)Cc4ccccc4)o3)c2)cnn1C. The molecule has 38 heavy (non-hydrogen) atoms. The van der Waals surface area contributed by atoms with E-state index in [1.165, 1.54) is 12.5 Å². The Morgan fingerprint density at radius 2 is 1.87 bits per heavy atom. The summed E-state index contributed by atoms with van der Waals surface area (Å²) in [5.41, 5.74) is 9.67. The van der Waals surface area contributed by atoms with Crippen molar-refractivity contribution in [1.82, 2.24) is 34.8 Å². The monoisotopic (exact) mass is 512 g/mol. The number of benzene rings is 1. The van der Waals surface area contributed by atoms with Crippen LogP contribution in [0.1, 0.15) is 40.0 Å². The molecule has 0 aliphatic heterocycles. The maximum absolute atomic E-state index is 13.5. The molecule has 11 nitrogen and oxygen atoms in total. The van der Waals surface area contributed by atoms with Gasteiger partial charge >= 0.3 is 0 Å². The molecule has 0 aliphatic rings.